The van der Waals surface area contributed by atoms with Crippen LogP contribution < -0.4 is 5.32 Å². The third-order valence-electron chi connectivity index (χ3n) is 2.74. The van der Waals surface area contributed by atoms with E-state index in [9.17, 15) is 31.1 Å². The van der Waals surface area contributed by atoms with Gasteiger partial charge in [-0.25, -0.2) is 13.2 Å². The molecular weight excluding hydrogens is 312 g/mol. The molecule has 0 saturated carbocycles. The van der Waals surface area contributed by atoms with Gasteiger partial charge in [-0.1, -0.05) is 6.07 Å². The molecule has 22 heavy (non-hydrogen) atoms. The molecule has 2 aromatic carbocycles. The van der Waals surface area contributed by atoms with Crippen LogP contribution in [0.5, 0.6) is 0 Å². The molecule has 0 aromatic heterocycles. The molecule has 0 unspecified atom stereocenters. The minimum atomic E-state index is -4.65. The van der Waals surface area contributed by atoms with E-state index in [1.54, 1.807) is 0 Å². The third-order valence-corrected chi connectivity index (χ3v) is 2.74. The number of anilines is 1. The van der Waals surface area contributed by atoms with Gasteiger partial charge < -0.3 is 5.32 Å². The fraction of sp³-hybridized carbons (Fsp3) is 0.0714. The van der Waals surface area contributed by atoms with Crippen molar-refractivity contribution in [1.29, 1.82) is 0 Å². The van der Waals surface area contributed by atoms with E-state index in [-0.39, 0.29) is 0 Å². The fourth-order valence-electron chi connectivity index (χ4n) is 1.65. The molecule has 0 heterocycles. The molecule has 2 rings (SSSR count). The van der Waals surface area contributed by atoms with Gasteiger partial charge in [-0.05, 0) is 30.3 Å². The molecule has 0 saturated heterocycles. The summed E-state index contributed by atoms with van der Waals surface area (Å²) in [4.78, 5) is 11.8. The number of halogens is 6. The van der Waals surface area contributed by atoms with Gasteiger partial charge in [-0.2, -0.15) is 13.2 Å². The number of hydrogen-bond donors (Lipinski definition) is 1. The highest BCUT2D eigenvalue weighted by atomic mass is 19.4. The van der Waals surface area contributed by atoms with Crippen molar-refractivity contribution in [3.8, 4) is 0 Å². The zero-order valence-corrected chi connectivity index (χ0v) is 10.6. The summed E-state index contributed by atoms with van der Waals surface area (Å²) >= 11 is 0. The molecule has 1 amide bonds. The lowest BCUT2D eigenvalue weighted by molar-refractivity contribution is -0.137. The van der Waals surface area contributed by atoms with Crippen molar-refractivity contribution in [1.82, 2.24) is 0 Å². The summed E-state index contributed by atoms with van der Waals surface area (Å²) in [6.07, 6.45) is -4.65. The maximum Gasteiger partial charge on any atom is 0.416 e. The van der Waals surface area contributed by atoms with Crippen LogP contribution in [0.2, 0.25) is 0 Å². The second-order valence-corrected chi connectivity index (χ2v) is 4.26. The average Bonchev–Trinajstić information content (AvgIpc) is 2.47. The van der Waals surface area contributed by atoms with Crippen molar-refractivity contribution in [3.63, 3.8) is 0 Å². The van der Waals surface area contributed by atoms with Gasteiger partial charge in [0.25, 0.3) is 5.91 Å². The molecule has 0 fully saturated rings. The molecule has 1 N–H and O–H groups in total. The van der Waals surface area contributed by atoms with Crippen LogP contribution in [0, 0.1) is 17.5 Å². The molecule has 0 bridgehead atoms. The number of carbonyl (C=O) groups is 1. The van der Waals surface area contributed by atoms with Gasteiger partial charge in [0.15, 0.2) is 17.5 Å². The van der Waals surface area contributed by atoms with Gasteiger partial charge in [0.05, 0.1) is 11.3 Å². The summed E-state index contributed by atoms with van der Waals surface area (Å²) in [5.41, 5.74) is -2.15. The zero-order chi connectivity index (χ0) is 16.5. The van der Waals surface area contributed by atoms with Gasteiger partial charge in [0, 0.05) is 5.56 Å². The van der Waals surface area contributed by atoms with Crippen molar-refractivity contribution >= 4 is 11.6 Å². The van der Waals surface area contributed by atoms with E-state index in [2.05, 4.69) is 0 Å². The molecule has 2 nitrogen and oxygen atoms in total. The summed E-state index contributed by atoms with van der Waals surface area (Å²) in [6.45, 7) is 0. The summed E-state index contributed by atoms with van der Waals surface area (Å²) < 4.78 is 76.8. The molecule has 0 aliphatic heterocycles. The summed E-state index contributed by atoms with van der Waals surface area (Å²) in [6, 6.07) is 4.74. The minimum Gasteiger partial charge on any atom is -0.319 e. The van der Waals surface area contributed by atoms with Crippen molar-refractivity contribution in [2.24, 2.45) is 0 Å². The van der Waals surface area contributed by atoms with Gasteiger partial charge in [0.1, 0.15) is 0 Å². The number of carbonyl (C=O) groups excluding carboxylic acids is 1. The van der Waals surface area contributed by atoms with Crippen molar-refractivity contribution in [2.75, 3.05) is 5.32 Å². The largest absolute Gasteiger partial charge is 0.416 e. The van der Waals surface area contributed by atoms with E-state index in [1.165, 1.54) is 0 Å². The van der Waals surface area contributed by atoms with Crippen LogP contribution in [-0.2, 0) is 6.18 Å². The Morgan fingerprint density at radius 3 is 2.27 bits per heavy atom. The van der Waals surface area contributed by atoms with Gasteiger partial charge in [-0.3, -0.25) is 4.79 Å². The predicted molar refractivity (Wildman–Crippen MR) is 65.7 cm³/mol. The lowest BCUT2D eigenvalue weighted by atomic mass is 10.1. The highest BCUT2D eigenvalue weighted by molar-refractivity contribution is 6.04. The standard InChI is InChI=1S/C14H7F6NO/c15-9-4-5-10(12(17)11(9)16)21-13(22)7-2-1-3-8(6-7)14(18,19)20/h1-6H,(H,21,22). The zero-order valence-electron chi connectivity index (χ0n) is 10.6. The Morgan fingerprint density at radius 2 is 1.64 bits per heavy atom. The van der Waals surface area contributed by atoms with E-state index in [4.69, 9.17) is 0 Å². The second kappa shape index (κ2) is 5.70. The minimum absolute atomic E-state index is 0.404. The normalized spacial score (nSPS) is 11.4. The first-order valence-corrected chi connectivity index (χ1v) is 5.82. The topological polar surface area (TPSA) is 29.1 Å². The van der Waals surface area contributed by atoms with Crippen molar-refractivity contribution < 1.29 is 31.1 Å². The molecule has 116 valence electrons. The maximum absolute atomic E-state index is 13.4. The SMILES string of the molecule is O=C(Nc1ccc(F)c(F)c1F)c1cccc(C(F)(F)F)c1. The van der Waals surface area contributed by atoms with Gasteiger partial charge >= 0.3 is 6.18 Å². The molecule has 0 aliphatic carbocycles. The first-order chi connectivity index (χ1) is 10.2. The Hall–Kier alpha value is -2.51. The molecule has 0 aliphatic rings. The van der Waals surface area contributed by atoms with Crippen molar-refractivity contribution in [3.05, 3.63) is 65.0 Å². The molecular formula is C14H7F6NO. The predicted octanol–water partition coefficient (Wildman–Crippen LogP) is 4.38. The Balaban J connectivity index is 2.29. The third kappa shape index (κ3) is 3.21. The van der Waals surface area contributed by atoms with Gasteiger partial charge in [-0.15, -0.1) is 0 Å². The van der Waals surface area contributed by atoms with E-state index >= 15 is 0 Å². The Labute approximate surface area is 120 Å². The van der Waals surface area contributed by atoms with E-state index in [0.717, 1.165) is 24.3 Å². The van der Waals surface area contributed by atoms with Gasteiger partial charge in [0.2, 0.25) is 0 Å². The Kier molecular flexibility index (Phi) is 4.11. The number of hydrogen-bond acceptors (Lipinski definition) is 1. The number of alkyl halides is 3. The van der Waals surface area contributed by atoms with E-state index in [0.29, 0.717) is 12.1 Å². The average molecular weight is 319 g/mol. The van der Waals surface area contributed by atoms with Crippen LogP contribution in [-0.4, -0.2) is 5.91 Å². The van der Waals surface area contributed by atoms with Crippen molar-refractivity contribution in [2.45, 2.75) is 6.18 Å². The summed E-state index contributed by atoms with van der Waals surface area (Å²) in [5.74, 6) is -5.97. The molecule has 0 spiro atoms. The second-order valence-electron chi connectivity index (χ2n) is 4.26. The van der Waals surface area contributed by atoms with Crippen LogP contribution in [0.3, 0.4) is 0 Å². The quantitative estimate of drug-likeness (QED) is 0.646. The van der Waals surface area contributed by atoms with E-state index in [1.807, 2.05) is 5.32 Å². The fourth-order valence-corrected chi connectivity index (χ4v) is 1.65. The number of rotatable bonds is 2. The maximum atomic E-state index is 13.4. The molecule has 0 atom stereocenters. The van der Waals surface area contributed by atoms with Crippen LogP contribution in [0.15, 0.2) is 36.4 Å². The molecule has 2 aromatic rings. The van der Waals surface area contributed by atoms with Crippen LogP contribution >= 0.6 is 0 Å². The highest BCUT2D eigenvalue weighted by Crippen LogP contribution is 2.29. The molecule has 0 radical (unpaired) electrons. The number of benzene rings is 2. The first-order valence-electron chi connectivity index (χ1n) is 5.82. The summed E-state index contributed by atoms with van der Waals surface area (Å²) in [5, 5.41) is 1.89. The highest BCUT2D eigenvalue weighted by Gasteiger charge is 2.31. The number of nitrogens with one attached hydrogen (secondary N) is 1. The Bertz CT molecular complexity index is 726. The first kappa shape index (κ1) is 15.9. The Morgan fingerprint density at radius 1 is 0.955 bits per heavy atom. The van der Waals surface area contributed by atoms with Crippen LogP contribution in [0.4, 0.5) is 32.0 Å². The smallest absolute Gasteiger partial charge is 0.319 e. The monoisotopic (exact) mass is 319 g/mol. The molecule has 8 heteroatoms. The van der Waals surface area contributed by atoms with Crippen LogP contribution in [0.25, 0.3) is 0 Å². The lowest BCUT2D eigenvalue weighted by Gasteiger charge is -2.10. The van der Waals surface area contributed by atoms with Crippen LogP contribution in [0.1, 0.15) is 15.9 Å². The lowest BCUT2D eigenvalue weighted by Crippen LogP contribution is -2.15. The number of amides is 1. The summed E-state index contributed by atoms with van der Waals surface area (Å²) in [7, 11) is 0. The van der Waals surface area contributed by atoms with E-state index < -0.39 is 46.3 Å².